The molecular formula is C15H11F3N2O4. The zero-order chi connectivity index (χ0) is 17.2. The van der Waals surface area contributed by atoms with E-state index in [-0.39, 0.29) is 18.2 Å². The minimum absolute atomic E-state index is 0.0201. The van der Waals surface area contributed by atoms with Crippen molar-refractivity contribution in [2.24, 2.45) is 0 Å². The molecule has 0 fully saturated rings. The highest BCUT2D eigenvalue weighted by molar-refractivity contribution is 5.42. The van der Waals surface area contributed by atoms with E-state index in [1.165, 1.54) is 24.5 Å². The van der Waals surface area contributed by atoms with Gasteiger partial charge in [0.2, 0.25) is 0 Å². The molecule has 0 atom stereocenters. The molecule has 0 aliphatic carbocycles. The van der Waals surface area contributed by atoms with Gasteiger partial charge in [-0.15, -0.1) is 5.10 Å². The van der Waals surface area contributed by atoms with Crippen LogP contribution in [-0.2, 0) is 6.54 Å². The number of hydrogen-bond donors (Lipinski definition) is 0. The first-order valence-electron chi connectivity index (χ1n) is 6.81. The summed E-state index contributed by atoms with van der Waals surface area (Å²) in [5, 5.41) is 3.99. The molecule has 3 rings (SSSR count). The topological polar surface area (TPSA) is 70.4 Å². The molecule has 0 unspecified atom stereocenters. The molecular weight excluding hydrogens is 329 g/mol. The molecule has 0 saturated carbocycles. The molecule has 3 aromatic rings. The highest BCUT2D eigenvalue weighted by Gasteiger charge is 2.28. The van der Waals surface area contributed by atoms with E-state index in [1.54, 1.807) is 18.2 Å². The summed E-state index contributed by atoms with van der Waals surface area (Å²) in [7, 11) is 0. The van der Waals surface area contributed by atoms with E-state index in [2.05, 4.69) is 9.84 Å². The lowest BCUT2D eigenvalue weighted by atomic mass is 10.2. The maximum absolute atomic E-state index is 12.2. The maximum atomic E-state index is 12.2. The molecule has 0 amide bonds. The molecule has 6 nitrogen and oxygen atoms in total. The average molecular weight is 340 g/mol. The van der Waals surface area contributed by atoms with E-state index in [0.29, 0.717) is 11.3 Å². The van der Waals surface area contributed by atoms with Gasteiger partial charge in [0.1, 0.15) is 5.75 Å². The summed E-state index contributed by atoms with van der Waals surface area (Å²) in [6.07, 6.45) is -3.01. The quantitative estimate of drug-likeness (QED) is 0.714. The van der Waals surface area contributed by atoms with Crippen LogP contribution < -0.4 is 10.5 Å². The van der Waals surface area contributed by atoms with Gasteiger partial charge in [-0.05, 0) is 29.8 Å². The molecule has 0 bridgehead atoms. The van der Waals surface area contributed by atoms with E-state index < -0.39 is 18.5 Å². The highest BCUT2D eigenvalue weighted by atomic mass is 19.4. The fourth-order valence-corrected chi connectivity index (χ4v) is 1.98. The number of nitrogens with zero attached hydrogens (tertiary/aromatic N) is 2. The van der Waals surface area contributed by atoms with Crippen molar-refractivity contribution in [1.82, 2.24) is 9.78 Å². The van der Waals surface area contributed by atoms with Crippen LogP contribution in [0, 0.1) is 0 Å². The van der Waals surface area contributed by atoms with Crippen molar-refractivity contribution in [3.8, 4) is 17.4 Å². The van der Waals surface area contributed by atoms with Gasteiger partial charge >= 0.3 is 11.9 Å². The fraction of sp³-hybridized carbons (Fsp3) is 0.200. The number of halogens is 3. The molecule has 0 spiro atoms. The van der Waals surface area contributed by atoms with Crippen molar-refractivity contribution < 1.29 is 26.7 Å². The molecule has 2 heterocycles. The Balaban J connectivity index is 1.76. The molecule has 24 heavy (non-hydrogen) atoms. The molecule has 0 aliphatic heterocycles. The second-order valence-electron chi connectivity index (χ2n) is 4.86. The molecule has 0 radical (unpaired) electrons. The first-order valence-corrected chi connectivity index (χ1v) is 6.81. The van der Waals surface area contributed by atoms with Crippen molar-refractivity contribution in [3.63, 3.8) is 0 Å². The third kappa shape index (κ3) is 3.86. The number of furan rings is 1. The predicted octanol–water partition coefficient (Wildman–Crippen LogP) is 3.09. The average Bonchev–Trinajstić information content (AvgIpc) is 3.16. The Morgan fingerprint density at radius 1 is 1.21 bits per heavy atom. The number of benzene rings is 1. The number of rotatable bonds is 5. The maximum Gasteiger partial charge on any atom is 0.437 e. The smallest absolute Gasteiger partial charge is 0.437 e. The van der Waals surface area contributed by atoms with Crippen LogP contribution in [0.1, 0.15) is 5.56 Å². The van der Waals surface area contributed by atoms with E-state index in [9.17, 15) is 18.0 Å². The van der Waals surface area contributed by atoms with Crippen LogP contribution in [0.4, 0.5) is 13.2 Å². The molecule has 9 heteroatoms. The second-order valence-corrected chi connectivity index (χ2v) is 4.86. The van der Waals surface area contributed by atoms with E-state index in [0.717, 1.165) is 4.68 Å². The van der Waals surface area contributed by atoms with Gasteiger partial charge in [0.25, 0.3) is 5.89 Å². The van der Waals surface area contributed by atoms with Crippen LogP contribution in [0.5, 0.6) is 5.75 Å². The van der Waals surface area contributed by atoms with Crippen LogP contribution in [-0.4, -0.2) is 22.6 Å². The number of hydrogen-bond acceptors (Lipinski definition) is 5. The van der Waals surface area contributed by atoms with Gasteiger partial charge in [-0.3, -0.25) is 0 Å². The molecule has 0 saturated heterocycles. The van der Waals surface area contributed by atoms with Crippen LogP contribution in [0.3, 0.4) is 0 Å². The van der Waals surface area contributed by atoms with Gasteiger partial charge in [0.05, 0.1) is 12.8 Å². The lowest BCUT2D eigenvalue weighted by molar-refractivity contribution is -0.153. The second kappa shape index (κ2) is 6.26. The van der Waals surface area contributed by atoms with Crippen LogP contribution >= 0.6 is 0 Å². The Hall–Kier alpha value is -2.97. The normalized spacial score (nSPS) is 11.6. The van der Waals surface area contributed by atoms with Crippen molar-refractivity contribution >= 4 is 0 Å². The molecule has 0 N–H and O–H groups in total. The van der Waals surface area contributed by atoms with Gasteiger partial charge in [0.15, 0.2) is 12.4 Å². The van der Waals surface area contributed by atoms with Crippen LogP contribution in [0.2, 0.25) is 0 Å². The van der Waals surface area contributed by atoms with E-state index in [4.69, 9.17) is 8.83 Å². The van der Waals surface area contributed by atoms with Gasteiger partial charge in [-0.1, -0.05) is 12.1 Å². The summed E-state index contributed by atoms with van der Waals surface area (Å²) in [6, 6.07) is 9.17. The first kappa shape index (κ1) is 15.9. The number of alkyl halides is 3. The largest absolute Gasteiger partial charge is 0.484 e. The van der Waals surface area contributed by atoms with E-state index in [1.807, 2.05) is 0 Å². The van der Waals surface area contributed by atoms with Gasteiger partial charge < -0.3 is 13.6 Å². The third-order valence-corrected chi connectivity index (χ3v) is 2.97. The molecule has 0 aliphatic rings. The van der Waals surface area contributed by atoms with Crippen molar-refractivity contribution in [2.45, 2.75) is 12.7 Å². The monoisotopic (exact) mass is 340 g/mol. The molecule has 126 valence electrons. The SMILES string of the molecule is O=c1oc(-c2ccco2)nn1Cc1cccc(OCC(F)(F)F)c1. The summed E-state index contributed by atoms with van der Waals surface area (Å²) < 4.78 is 52.3. The summed E-state index contributed by atoms with van der Waals surface area (Å²) in [5.74, 6) is -0.335. The zero-order valence-corrected chi connectivity index (χ0v) is 12.1. The minimum Gasteiger partial charge on any atom is -0.484 e. The van der Waals surface area contributed by atoms with Gasteiger partial charge in [-0.2, -0.15) is 17.9 Å². The van der Waals surface area contributed by atoms with E-state index >= 15 is 0 Å². The van der Waals surface area contributed by atoms with Crippen molar-refractivity contribution in [1.29, 1.82) is 0 Å². The van der Waals surface area contributed by atoms with Crippen molar-refractivity contribution in [3.05, 3.63) is 58.8 Å². The first-order chi connectivity index (χ1) is 11.4. The third-order valence-electron chi connectivity index (χ3n) is 2.97. The predicted molar refractivity (Wildman–Crippen MR) is 75.6 cm³/mol. The minimum atomic E-state index is -4.42. The number of ether oxygens (including phenoxy) is 1. The summed E-state index contributed by atoms with van der Waals surface area (Å²) in [5.41, 5.74) is 0.538. The van der Waals surface area contributed by atoms with Gasteiger partial charge in [0, 0.05) is 0 Å². The molecule has 2 aromatic heterocycles. The summed E-state index contributed by atoms with van der Waals surface area (Å²) >= 11 is 0. The lowest BCUT2D eigenvalue weighted by Crippen LogP contribution is -2.19. The Bertz CT molecular complexity index is 865. The van der Waals surface area contributed by atoms with Crippen LogP contribution in [0.25, 0.3) is 11.7 Å². The van der Waals surface area contributed by atoms with Crippen LogP contribution in [0.15, 0.2) is 56.3 Å². The number of aromatic nitrogens is 2. The Kier molecular flexibility index (Phi) is 4.15. The Morgan fingerprint density at radius 2 is 2.04 bits per heavy atom. The zero-order valence-electron chi connectivity index (χ0n) is 12.1. The Morgan fingerprint density at radius 3 is 2.75 bits per heavy atom. The Labute approximate surface area is 133 Å². The molecule has 1 aromatic carbocycles. The van der Waals surface area contributed by atoms with Gasteiger partial charge in [-0.25, -0.2) is 4.79 Å². The van der Waals surface area contributed by atoms with Crippen molar-refractivity contribution in [2.75, 3.05) is 6.61 Å². The summed E-state index contributed by atoms with van der Waals surface area (Å²) in [6.45, 7) is -1.37. The summed E-state index contributed by atoms with van der Waals surface area (Å²) in [4.78, 5) is 11.8. The fourth-order valence-electron chi connectivity index (χ4n) is 1.98. The highest BCUT2D eigenvalue weighted by Crippen LogP contribution is 2.20. The lowest BCUT2D eigenvalue weighted by Gasteiger charge is -2.10. The standard InChI is InChI=1S/C15H11F3N2O4/c16-15(17,18)9-23-11-4-1-3-10(7-11)8-20-14(21)24-13(19-20)12-5-2-6-22-12/h1-7H,8-9H2.